The zero-order valence-corrected chi connectivity index (χ0v) is 12.0. The highest BCUT2D eigenvalue weighted by atomic mass is 16.5. The van der Waals surface area contributed by atoms with E-state index in [0.29, 0.717) is 19.2 Å². The van der Waals surface area contributed by atoms with Crippen molar-refractivity contribution in [3.8, 4) is 5.75 Å². The smallest absolute Gasteiger partial charge is 0.124 e. The van der Waals surface area contributed by atoms with Gasteiger partial charge in [-0.05, 0) is 19.9 Å². The number of para-hydroxylation sites is 1. The average Bonchev–Trinajstić information content (AvgIpc) is 2.93. The predicted octanol–water partition coefficient (Wildman–Crippen LogP) is 3.64. The van der Waals surface area contributed by atoms with E-state index in [1.54, 1.807) is 6.08 Å². The molecule has 0 amide bonds. The average molecular weight is 271 g/mol. The molecule has 0 atom stereocenters. The Morgan fingerprint density at radius 3 is 2.90 bits per heavy atom. The normalized spacial score (nSPS) is 10.6. The van der Waals surface area contributed by atoms with Crippen LogP contribution in [-0.2, 0) is 6.54 Å². The Bertz CT molecular complexity index is 560. The van der Waals surface area contributed by atoms with E-state index in [-0.39, 0.29) is 0 Å². The lowest BCUT2D eigenvalue weighted by Crippen LogP contribution is -2.03. The van der Waals surface area contributed by atoms with E-state index < -0.39 is 0 Å². The van der Waals surface area contributed by atoms with Gasteiger partial charge in [-0.2, -0.15) is 5.10 Å². The lowest BCUT2D eigenvalue weighted by atomic mass is 10.2. The quantitative estimate of drug-likeness (QED) is 0.781. The molecule has 1 aromatic heterocycles. The van der Waals surface area contributed by atoms with Gasteiger partial charge in [0.05, 0.1) is 11.9 Å². The molecule has 0 aliphatic carbocycles. The Balaban J connectivity index is 2.00. The fraction of sp³-hybridized carbons (Fsp3) is 0.312. The van der Waals surface area contributed by atoms with Crippen LogP contribution in [0.2, 0.25) is 0 Å². The first kappa shape index (κ1) is 14.2. The van der Waals surface area contributed by atoms with Crippen LogP contribution in [0.4, 0.5) is 5.69 Å². The molecule has 0 aliphatic rings. The first-order valence-corrected chi connectivity index (χ1v) is 6.80. The van der Waals surface area contributed by atoms with Crippen molar-refractivity contribution in [2.24, 2.45) is 0 Å². The van der Waals surface area contributed by atoms with Crippen molar-refractivity contribution in [3.63, 3.8) is 0 Å². The molecule has 0 saturated carbocycles. The highest BCUT2D eigenvalue weighted by molar-refractivity contribution is 5.42. The van der Waals surface area contributed by atoms with Gasteiger partial charge < -0.3 is 10.1 Å². The first-order valence-electron chi connectivity index (χ1n) is 6.80. The highest BCUT2D eigenvalue weighted by Crippen LogP contribution is 2.19. The number of nitrogens with zero attached hydrogens (tertiary/aromatic N) is 2. The van der Waals surface area contributed by atoms with Gasteiger partial charge in [0.25, 0.3) is 0 Å². The molecule has 0 bridgehead atoms. The zero-order valence-electron chi connectivity index (χ0n) is 12.0. The SMILES string of the molecule is C=CCOc1ccccc1CNc1cnn(C(C)C)c1. The van der Waals surface area contributed by atoms with Gasteiger partial charge in [-0.1, -0.05) is 30.9 Å². The number of rotatable bonds is 7. The van der Waals surface area contributed by atoms with Gasteiger partial charge in [-0.25, -0.2) is 0 Å². The molecule has 0 aliphatic heterocycles. The first-order chi connectivity index (χ1) is 9.70. The van der Waals surface area contributed by atoms with E-state index >= 15 is 0 Å². The summed E-state index contributed by atoms with van der Waals surface area (Å²) in [6, 6.07) is 8.37. The largest absolute Gasteiger partial charge is 0.489 e. The number of aromatic nitrogens is 2. The summed E-state index contributed by atoms with van der Waals surface area (Å²) in [6.07, 6.45) is 5.60. The molecule has 2 rings (SSSR count). The summed E-state index contributed by atoms with van der Waals surface area (Å²) in [4.78, 5) is 0. The second-order valence-electron chi connectivity index (χ2n) is 4.86. The number of benzene rings is 1. The van der Waals surface area contributed by atoms with E-state index in [9.17, 15) is 0 Å². The molecule has 106 valence electrons. The number of hydrogen-bond donors (Lipinski definition) is 1. The van der Waals surface area contributed by atoms with Crippen molar-refractivity contribution in [2.45, 2.75) is 26.4 Å². The van der Waals surface area contributed by atoms with E-state index in [1.165, 1.54) is 0 Å². The Labute approximate surface area is 120 Å². The van der Waals surface area contributed by atoms with Crippen LogP contribution in [0.5, 0.6) is 5.75 Å². The molecule has 4 nitrogen and oxygen atoms in total. The van der Waals surface area contributed by atoms with Crippen LogP contribution in [0.3, 0.4) is 0 Å². The summed E-state index contributed by atoms with van der Waals surface area (Å²) in [6.45, 7) is 9.10. The van der Waals surface area contributed by atoms with E-state index in [1.807, 2.05) is 35.3 Å². The predicted molar refractivity (Wildman–Crippen MR) is 82.1 cm³/mol. The topological polar surface area (TPSA) is 39.1 Å². The molecule has 0 fully saturated rings. The monoisotopic (exact) mass is 271 g/mol. The molecule has 0 unspecified atom stereocenters. The van der Waals surface area contributed by atoms with Crippen LogP contribution in [0.25, 0.3) is 0 Å². The van der Waals surface area contributed by atoms with Crippen molar-refractivity contribution in [1.82, 2.24) is 9.78 Å². The maximum Gasteiger partial charge on any atom is 0.124 e. The molecule has 1 heterocycles. The highest BCUT2D eigenvalue weighted by Gasteiger charge is 2.04. The molecule has 0 saturated heterocycles. The fourth-order valence-corrected chi connectivity index (χ4v) is 1.85. The van der Waals surface area contributed by atoms with Crippen molar-refractivity contribution < 1.29 is 4.74 Å². The Morgan fingerprint density at radius 2 is 2.20 bits per heavy atom. The maximum absolute atomic E-state index is 5.64. The molecule has 1 aromatic carbocycles. The lowest BCUT2D eigenvalue weighted by molar-refractivity contribution is 0.359. The number of nitrogens with one attached hydrogen (secondary N) is 1. The summed E-state index contributed by atoms with van der Waals surface area (Å²) in [5.41, 5.74) is 2.13. The third-order valence-electron chi connectivity index (χ3n) is 2.94. The Hall–Kier alpha value is -2.23. The van der Waals surface area contributed by atoms with Gasteiger partial charge in [-0.3, -0.25) is 4.68 Å². The Kier molecular flexibility index (Phi) is 4.82. The summed E-state index contributed by atoms with van der Waals surface area (Å²) >= 11 is 0. The third-order valence-corrected chi connectivity index (χ3v) is 2.94. The molecule has 20 heavy (non-hydrogen) atoms. The van der Waals surface area contributed by atoms with E-state index in [4.69, 9.17) is 4.74 Å². The van der Waals surface area contributed by atoms with Crippen LogP contribution < -0.4 is 10.1 Å². The van der Waals surface area contributed by atoms with Crippen LogP contribution in [0.15, 0.2) is 49.3 Å². The number of hydrogen-bond acceptors (Lipinski definition) is 3. The second-order valence-corrected chi connectivity index (χ2v) is 4.86. The summed E-state index contributed by atoms with van der Waals surface area (Å²) in [7, 11) is 0. The molecule has 0 radical (unpaired) electrons. The molecule has 2 aromatic rings. The van der Waals surface area contributed by atoms with Gasteiger partial charge in [-0.15, -0.1) is 0 Å². The second kappa shape index (κ2) is 6.80. The van der Waals surface area contributed by atoms with Crippen LogP contribution >= 0.6 is 0 Å². The summed E-state index contributed by atoms with van der Waals surface area (Å²) in [5, 5.41) is 7.67. The summed E-state index contributed by atoms with van der Waals surface area (Å²) < 4.78 is 7.57. The molecule has 1 N–H and O–H groups in total. The van der Waals surface area contributed by atoms with E-state index in [0.717, 1.165) is 17.0 Å². The minimum Gasteiger partial charge on any atom is -0.489 e. The molecular weight excluding hydrogens is 250 g/mol. The number of anilines is 1. The van der Waals surface area contributed by atoms with Gasteiger partial charge >= 0.3 is 0 Å². The maximum atomic E-state index is 5.64. The third kappa shape index (κ3) is 3.63. The molecule has 4 heteroatoms. The number of ether oxygens (including phenoxy) is 1. The lowest BCUT2D eigenvalue weighted by Gasteiger charge is -2.10. The molecular formula is C16H21N3O. The van der Waals surface area contributed by atoms with Gasteiger partial charge in [0.15, 0.2) is 0 Å². The minimum atomic E-state index is 0.369. The van der Waals surface area contributed by atoms with Gasteiger partial charge in [0.2, 0.25) is 0 Å². The van der Waals surface area contributed by atoms with Gasteiger partial charge in [0, 0.05) is 24.3 Å². The van der Waals surface area contributed by atoms with Crippen molar-refractivity contribution >= 4 is 5.69 Å². The zero-order chi connectivity index (χ0) is 14.4. The van der Waals surface area contributed by atoms with Crippen molar-refractivity contribution in [3.05, 3.63) is 54.9 Å². The molecule has 0 spiro atoms. The fourth-order valence-electron chi connectivity index (χ4n) is 1.85. The standard InChI is InChI=1S/C16H21N3O/c1-4-9-20-16-8-6-5-7-14(16)10-17-15-11-18-19(12-15)13(2)3/h4-8,11-13,17H,1,9-10H2,2-3H3. The van der Waals surface area contributed by atoms with Crippen LogP contribution in [0.1, 0.15) is 25.5 Å². The Morgan fingerprint density at radius 1 is 1.40 bits per heavy atom. The van der Waals surface area contributed by atoms with Gasteiger partial charge in [0.1, 0.15) is 12.4 Å². The van der Waals surface area contributed by atoms with Crippen molar-refractivity contribution in [1.29, 1.82) is 0 Å². The van der Waals surface area contributed by atoms with Crippen LogP contribution in [-0.4, -0.2) is 16.4 Å². The minimum absolute atomic E-state index is 0.369. The summed E-state index contributed by atoms with van der Waals surface area (Å²) in [5.74, 6) is 0.885. The van der Waals surface area contributed by atoms with Crippen LogP contribution in [0, 0.1) is 0 Å². The van der Waals surface area contributed by atoms with E-state index in [2.05, 4.69) is 36.9 Å². The van der Waals surface area contributed by atoms with Crippen molar-refractivity contribution in [2.75, 3.05) is 11.9 Å².